The highest BCUT2D eigenvalue weighted by Crippen LogP contribution is 2.19. The Morgan fingerprint density at radius 1 is 0.773 bits per heavy atom. The molecule has 0 saturated carbocycles. The zero-order valence-electron chi connectivity index (χ0n) is 25.4. The molecule has 0 aromatic heterocycles. The molecule has 0 bridgehead atoms. The van der Waals surface area contributed by atoms with Gasteiger partial charge in [0.1, 0.15) is 35.9 Å². The Labute approximate surface area is 263 Å². The normalized spacial score (nSPS) is 10.4. The van der Waals surface area contributed by atoms with E-state index in [9.17, 15) is 9.59 Å². The third-order valence-electron chi connectivity index (χ3n) is 4.51. The Hall–Kier alpha value is -4.20. The molecule has 2 rings (SSSR count). The maximum atomic E-state index is 11.5. The minimum atomic E-state index is -0.526. The zero-order valence-corrected chi connectivity index (χ0v) is 25.4. The molecule has 4 N–H and O–H groups in total. The average molecular weight is 617 g/mol. The van der Waals surface area contributed by atoms with Crippen molar-refractivity contribution in [3.05, 3.63) is 65.7 Å². The summed E-state index contributed by atoms with van der Waals surface area (Å²) in [4.78, 5) is 22.9. The number of benzene rings is 2. The Morgan fingerprint density at radius 2 is 1.27 bits per heavy atom. The van der Waals surface area contributed by atoms with Gasteiger partial charge < -0.3 is 39.8 Å². The highest BCUT2D eigenvalue weighted by Gasteiger charge is 2.15. The van der Waals surface area contributed by atoms with Gasteiger partial charge in [-0.3, -0.25) is 0 Å². The highest BCUT2D eigenvalue weighted by atomic mass is 16.6. The first-order valence-corrected chi connectivity index (χ1v) is 13.6. The van der Waals surface area contributed by atoms with Crippen molar-refractivity contribution < 1.29 is 38.7 Å². The van der Waals surface area contributed by atoms with E-state index >= 15 is 0 Å². The quantitative estimate of drug-likeness (QED) is 0.246. The predicted molar refractivity (Wildman–Crippen MR) is 176 cm³/mol. The third kappa shape index (κ3) is 20.6. The second-order valence-electron chi connectivity index (χ2n) is 10.6. The van der Waals surface area contributed by atoms with Crippen molar-refractivity contribution in [2.75, 3.05) is 39.5 Å². The number of rotatable bonds is 10. The van der Waals surface area contributed by atoms with Gasteiger partial charge >= 0.3 is 12.2 Å². The molecule has 0 radical (unpaired) electrons. The molecule has 0 atom stereocenters. The van der Waals surface area contributed by atoms with E-state index in [4.69, 9.17) is 29.2 Å². The van der Waals surface area contributed by atoms with Crippen LogP contribution in [0.15, 0.2) is 54.6 Å². The maximum Gasteiger partial charge on any atom is 0.408 e. The Balaban J connectivity index is 0. The molecule has 0 spiro atoms. The first kappa shape index (κ1) is 41.9. The largest absolute Gasteiger partial charge is 0.491 e. The molecule has 44 heavy (non-hydrogen) atoms. The number of hydrogen-bond acceptors (Lipinski definition) is 8. The standard InChI is InChI=1S/C16H23NO4.C16H21NO4.2CH4/c2*1-16(2,3)21-15(19)17-10-6-8-13-7-4-5-9-14(13)20-12-11-18;;/h4-9,18H,10-12H2,1-3H3,(H,17,19);4-5,7,9,18H,10-12H2,1-3H3,(H,17,19);2*1H4/b8-6-;;;. The van der Waals surface area contributed by atoms with Gasteiger partial charge in [-0.1, -0.05) is 69.2 Å². The number of aliphatic hydroxyl groups excluding tert-OH is 2. The summed E-state index contributed by atoms with van der Waals surface area (Å²) in [5.41, 5.74) is 0.565. The minimum Gasteiger partial charge on any atom is -0.491 e. The molecular weight excluding hydrogens is 564 g/mol. The van der Waals surface area contributed by atoms with Gasteiger partial charge in [0, 0.05) is 12.1 Å². The Bertz CT molecular complexity index is 1190. The molecule has 246 valence electrons. The summed E-state index contributed by atoms with van der Waals surface area (Å²) in [6.07, 6.45) is 2.72. The molecule has 0 aliphatic heterocycles. The highest BCUT2D eigenvalue weighted by molar-refractivity contribution is 5.68. The minimum absolute atomic E-state index is 0. The lowest BCUT2D eigenvalue weighted by Crippen LogP contribution is -2.32. The number of amides is 2. The van der Waals surface area contributed by atoms with Crippen LogP contribution in [0.5, 0.6) is 11.5 Å². The smallest absolute Gasteiger partial charge is 0.408 e. The van der Waals surface area contributed by atoms with Gasteiger partial charge in [-0.15, -0.1) is 0 Å². The number of ether oxygens (including phenoxy) is 4. The molecule has 10 heteroatoms. The van der Waals surface area contributed by atoms with E-state index in [1.165, 1.54) is 0 Å². The van der Waals surface area contributed by atoms with Gasteiger partial charge in [0.25, 0.3) is 0 Å². The van der Waals surface area contributed by atoms with Crippen LogP contribution in [0.25, 0.3) is 6.08 Å². The van der Waals surface area contributed by atoms with Crippen molar-refractivity contribution in [3.63, 3.8) is 0 Å². The van der Waals surface area contributed by atoms with Crippen LogP contribution < -0.4 is 20.1 Å². The molecule has 0 heterocycles. The van der Waals surface area contributed by atoms with Gasteiger partial charge in [-0.25, -0.2) is 9.59 Å². The maximum absolute atomic E-state index is 11.5. The van der Waals surface area contributed by atoms with E-state index in [0.29, 0.717) is 23.6 Å². The van der Waals surface area contributed by atoms with Crippen molar-refractivity contribution in [3.8, 4) is 23.3 Å². The fourth-order valence-electron chi connectivity index (χ4n) is 2.97. The molecule has 0 saturated heterocycles. The van der Waals surface area contributed by atoms with Gasteiger partial charge in [0.15, 0.2) is 0 Å². The third-order valence-corrected chi connectivity index (χ3v) is 4.51. The lowest BCUT2D eigenvalue weighted by Gasteiger charge is -2.19. The summed E-state index contributed by atoms with van der Waals surface area (Å²) in [7, 11) is 0. The lowest BCUT2D eigenvalue weighted by molar-refractivity contribution is 0.0523. The van der Waals surface area contributed by atoms with Crippen LogP contribution >= 0.6 is 0 Å². The second-order valence-corrected chi connectivity index (χ2v) is 10.6. The van der Waals surface area contributed by atoms with Gasteiger partial charge in [0.05, 0.1) is 25.3 Å². The molecule has 2 amide bonds. The van der Waals surface area contributed by atoms with Crippen LogP contribution in [0.3, 0.4) is 0 Å². The predicted octanol–water partition coefficient (Wildman–Crippen LogP) is 5.80. The van der Waals surface area contributed by atoms with Crippen LogP contribution in [0.2, 0.25) is 0 Å². The van der Waals surface area contributed by atoms with Gasteiger partial charge in [-0.2, -0.15) is 0 Å². The monoisotopic (exact) mass is 616 g/mol. The van der Waals surface area contributed by atoms with E-state index in [2.05, 4.69) is 22.5 Å². The molecule has 2 aromatic rings. The van der Waals surface area contributed by atoms with E-state index in [1.54, 1.807) is 26.8 Å². The average Bonchev–Trinajstić information content (AvgIpc) is 2.90. The molecule has 2 aromatic carbocycles. The van der Waals surface area contributed by atoms with Crippen LogP contribution in [-0.2, 0) is 9.47 Å². The SMILES string of the molecule is C.C.CC(C)(C)OC(=O)NC/C=C\c1ccccc1OCCO.CC(C)(C)OC(=O)NCC#Cc1ccccc1OCCO. The van der Waals surface area contributed by atoms with Crippen LogP contribution in [0.1, 0.15) is 67.5 Å². The topological polar surface area (TPSA) is 136 Å². The molecule has 10 nitrogen and oxygen atoms in total. The molecule has 0 fully saturated rings. The Morgan fingerprint density at radius 3 is 1.84 bits per heavy atom. The van der Waals surface area contributed by atoms with Crippen molar-refractivity contribution in [2.45, 2.75) is 67.6 Å². The fraction of sp³-hybridized carbons (Fsp3) is 0.471. The number of alkyl carbamates (subject to hydrolysis) is 2. The lowest BCUT2D eigenvalue weighted by atomic mass is 10.2. The van der Waals surface area contributed by atoms with E-state index in [0.717, 1.165) is 5.56 Å². The Kier molecular flexibility index (Phi) is 21.3. The number of hydrogen-bond donors (Lipinski definition) is 4. The number of carbonyl (C=O) groups is 2. The summed E-state index contributed by atoms with van der Waals surface area (Å²) in [5, 5.41) is 22.7. The van der Waals surface area contributed by atoms with Gasteiger partial charge in [-0.05, 0) is 59.7 Å². The van der Waals surface area contributed by atoms with Crippen molar-refractivity contribution in [1.82, 2.24) is 10.6 Å². The van der Waals surface area contributed by atoms with E-state index < -0.39 is 23.4 Å². The summed E-state index contributed by atoms with van der Waals surface area (Å²) < 4.78 is 21.0. The van der Waals surface area contributed by atoms with Crippen molar-refractivity contribution in [1.29, 1.82) is 0 Å². The zero-order chi connectivity index (χ0) is 31.4. The van der Waals surface area contributed by atoms with Crippen LogP contribution in [0, 0.1) is 11.8 Å². The molecule has 0 aliphatic carbocycles. The van der Waals surface area contributed by atoms with Crippen molar-refractivity contribution >= 4 is 18.3 Å². The van der Waals surface area contributed by atoms with Crippen LogP contribution in [-0.4, -0.2) is 73.1 Å². The number of carbonyl (C=O) groups excluding carboxylic acids is 2. The van der Waals surface area contributed by atoms with E-state index in [-0.39, 0.29) is 47.8 Å². The summed E-state index contributed by atoms with van der Waals surface area (Å²) in [5.74, 6) is 7.05. The summed E-state index contributed by atoms with van der Waals surface area (Å²) in [6.45, 7) is 11.8. The van der Waals surface area contributed by atoms with Crippen LogP contribution in [0.4, 0.5) is 9.59 Å². The number of nitrogens with one attached hydrogen (secondary N) is 2. The fourth-order valence-corrected chi connectivity index (χ4v) is 2.97. The molecule has 0 unspecified atom stereocenters. The second kappa shape index (κ2) is 22.4. The van der Waals surface area contributed by atoms with Crippen molar-refractivity contribution in [2.24, 2.45) is 0 Å². The number of aliphatic hydroxyl groups is 2. The molecule has 0 aliphatic rings. The van der Waals surface area contributed by atoms with Gasteiger partial charge in [0.2, 0.25) is 0 Å². The summed E-state index contributed by atoms with van der Waals surface area (Å²) >= 11 is 0. The first-order valence-electron chi connectivity index (χ1n) is 13.6. The number of para-hydroxylation sites is 2. The molecular formula is C34H52N2O8. The first-order chi connectivity index (χ1) is 19.8. The summed E-state index contributed by atoms with van der Waals surface area (Å²) in [6, 6.07) is 14.8. The van der Waals surface area contributed by atoms with E-state index in [1.807, 2.05) is 75.4 Å².